The number of non-ortho nitro benzene ring substituents is 1. The smallest absolute Gasteiger partial charge is 0.269 e. The van der Waals surface area contributed by atoms with Gasteiger partial charge in [-0.15, -0.1) is 0 Å². The first-order valence-corrected chi connectivity index (χ1v) is 9.97. The van der Waals surface area contributed by atoms with Gasteiger partial charge in [-0.25, -0.2) is 13.1 Å². The highest BCUT2D eigenvalue weighted by molar-refractivity contribution is 7.90. The van der Waals surface area contributed by atoms with E-state index >= 15 is 0 Å². The Bertz CT molecular complexity index is 1150. The van der Waals surface area contributed by atoms with E-state index < -0.39 is 20.7 Å². The molecular weight excluding hydrogens is 384 g/mol. The number of aryl methyl sites for hydroxylation is 1. The number of benzene rings is 2. The number of aromatic nitrogens is 2. The van der Waals surface area contributed by atoms with E-state index in [-0.39, 0.29) is 16.1 Å². The van der Waals surface area contributed by atoms with Crippen LogP contribution in [-0.2, 0) is 9.84 Å². The minimum atomic E-state index is -3.35. The molecule has 144 valence electrons. The molecule has 0 aliphatic carbocycles. The molecule has 3 aromatic rings. The molecule has 0 saturated carbocycles. The molecule has 10 heteroatoms. The van der Waals surface area contributed by atoms with Crippen LogP contribution >= 0.6 is 0 Å². The first kappa shape index (κ1) is 19.2. The van der Waals surface area contributed by atoms with Gasteiger partial charge in [0.25, 0.3) is 11.6 Å². The molecule has 0 bridgehead atoms. The SMILES string of the molecule is Cc1cc(NC(=O)c2ccc(S(C)(=O)=O)cc2)n(-c2ccc([N+](=O)[O-])cc2)n1. The van der Waals surface area contributed by atoms with Crippen molar-refractivity contribution in [3.63, 3.8) is 0 Å². The van der Waals surface area contributed by atoms with E-state index in [4.69, 9.17) is 0 Å². The predicted octanol–water partition coefficient (Wildman–Crippen LogP) is 2.74. The Labute approximate surface area is 160 Å². The molecule has 28 heavy (non-hydrogen) atoms. The van der Waals surface area contributed by atoms with E-state index in [2.05, 4.69) is 10.4 Å². The number of carbonyl (C=O) groups excluding carboxylic acids is 1. The summed E-state index contributed by atoms with van der Waals surface area (Å²) in [6.07, 6.45) is 1.09. The molecule has 0 unspecified atom stereocenters. The number of hydrogen-bond acceptors (Lipinski definition) is 6. The van der Waals surface area contributed by atoms with Crippen molar-refractivity contribution in [1.82, 2.24) is 9.78 Å². The zero-order chi connectivity index (χ0) is 20.5. The van der Waals surface area contributed by atoms with Crippen molar-refractivity contribution in [2.24, 2.45) is 0 Å². The zero-order valence-electron chi connectivity index (χ0n) is 15.0. The number of amides is 1. The molecule has 0 spiro atoms. The van der Waals surface area contributed by atoms with Gasteiger partial charge in [0.05, 0.1) is 21.2 Å². The second kappa shape index (κ2) is 7.24. The van der Waals surface area contributed by atoms with E-state index in [1.165, 1.54) is 53.2 Å². The highest BCUT2D eigenvalue weighted by atomic mass is 32.2. The number of nitrogens with one attached hydrogen (secondary N) is 1. The average molecular weight is 400 g/mol. The zero-order valence-corrected chi connectivity index (χ0v) is 15.8. The van der Waals surface area contributed by atoms with Gasteiger partial charge in [0, 0.05) is 30.0 Å². The lowest BCUT2D eigenvalue weighted by Gasteiger charge is -2.09. The van der Waals surface area contributed by atoms with Crippen LogP contribution in [0.5, 0.6) is 0 Å². The van der Waals surface area contributed by atoms with Crippen molar-refractivity contribution in [2.45, 2.75) is 11.8 Å². The molecule has 0 atom stereocenters. The molecular formula is C18H16N4O5S. The van der Waals surface area contributed by atoms with E-state index in [0.717, 1.165) is 6.26 Å². The van der Waals surface area contributed by atoms with Crippen molar-refractivity contribution in [2.75, 3.05) is 11.6 Å². The van der Waals surface area contributed by atoms with Gasteiger partial charge in [-0.3, -0.25) is 14.9 Å². The Hall–Kier alpha value is -3.53. The summed E-state index contributed by atoms with van der Waals surface area (Å²) in [5, 5.41) is 17.8. The van der Waals surface area contributed by atoms with Gasteiger partial charge in [0.2, 0.25) is 0 Å². The third-order valence-electron chi connectivity index (χ3n) is 3.92. The largest absolute Gasteiger partial charge is 0.306 e. The Morgan fingerprint density at radius 3 is 2.25 bits per heavy atom. The van der Waals surface area contributed by atoms with Gasteiger partial charge in [-0.05, 0) is 43.3 Å². The molecule has 0 aliphatic rings. The fraction of sp³-hybridized carbons (Fsp3) is 0.111. The summed E-state index contributed by atoms with van der Waals surface area (Å²) in [4.78, 5) is 22.9. The fourth-order valence-corrected chi connectivity index (χ4v) is 3.17. The number of nitro benzene ring substituents is 1. The Morgan fingerprint density at radius 1 is 1.11 bits per heavy atom. The molecule has 0 aliphatic heterocycles. The molecule has 0 radical (unpaired) electrons. The maximum Gasteiger partial charge on any atom is 0.269 e. The standard InChI is InChI=1S/C18H16N4O5S/c1-12-11-17(21(20-12)14-5-7-15(8-6-14)22(24)25)19-18(23)13-3-9-16(10-4-13)28(2,26)27/h3-11H,1-2H3,(H,19,23). The molecule has 0 fully saturated rings. The summed E-state index contributed by atoms with van der Waals surface area (Å²) in [5.74, 6) is -0.0633. The second-order valence-electron chi connectivity index (χ2n) is 6.11. The quantitative estimate of drug-likeness (QED) is 0.519. The molecule has 1 amide bonds. The van der Waals surface area contributed by atoms with Gasteiger partial charge in [-0.2, -0.15) is 5.10 Å². The summed E-state index contributed by atoms with van der Waals surface area (Å²) in [7, 11) is -3.35. The van der Waals surface area contributed by atoms with Gasteiger partial charge >= 0.3 is 0 Å². The Morgan fingerprint density at radius 2 is 1.71 bits per heavy atom. The number of sulfone groups is 1. The third kappa shape index (κ3) is 4.07. The highest BCUT2D eigenvalue weighted by Gasteiger charge is 2.15. The molecule has 1 N–H and O–H groups in total. The predicted molar refractivity (Wildman–Crippen MR) is 102 cm³/mol. The van der Waals surface area contributed by atoms with Gasteiger partial charge in [-0.1, -0.05) is 0 Å². The first-order valence-electron chi connectivity index (χ1n) is 8.08. The number of carbonyl (C=O) groups is 1. The monoisotopic (exact) mass is 400 g/mol. The van der Waals surface area contributed by atoms with Crippen molar-refractivity contribution < 1.29 is 18.1 Å². The number of nitro groups is 1. The number of hydrogen-bond donors (Lipinski definition) is 1. The van der Waals surface area contributed by atoms with Crippen molar-refractivity contribution in [3.05, 3.63) is 76.0 Å². The summed E-state index contributed by atoms with van der Waals surface area (Å²) in [5.41, 5.74) is 1.41. The third-order valence-corrected chi connectivity index (χ3v) is 5.05. The van der Waals surface area contributed by atoms with E-state index in [1.807, 2.05) is 0 Å². The van der Waals surface area contributed by atoms with Gasteiger partial charge in [0.15, 0.2) is 9.84 Å². The lowest BCUT2D eigenvalue weighted by molar-refractivity contribution is -0.384. The maximum absolute atomic E-state index is 12.5. The molecule has 0 saturated heterocycles. The van der Waals surface area contributed by atoms with Crippen LogP contribution in [0.3, 0.4) is 0 Å². The van der Waals surface area contributed by atoms with E-state index in [0.29, 0.717) is 17.2 Å². The lowest BCUT2D eigenvalue weighted by atomic mass is 10.2. The molecule has 1 aromatic heterocycles. The van der Waals surface area contributed by atoms with E-state index in [9.17, 15) is 23.3 Å². The number of anilines is 1. The van der Waals surface area contributed by atoms with Gasteiger partial charge in [0.1, 0.15) is 5.82 Å². The van der Waals surface area contributed by atoms with Gasteiger partial charge < -0.3 is 5.32 Å². The Balaban J connectivity index is 1.87. The fourth-order valence-electron chi connectivity index (χ4n) is 2.54. The number of nitrogens with zero attached hydrogens (tertiary/aromatic N) is 3. The summed E-state index contributed by atoms with van der Waals surface area (Å²) in [6.45, 7) is 1.75. The normalized spacial score (nSPS) is 11.2. The molecule has 1 heterocycles. The summed E-state index contributed by atoms with van der Waals surface area (Å²) < 4.78 is 24.5. The maximum atomic E-state index is 12.5. The van der Waals surface area contributed by atoms with Crippen LogP contribution in [0.15, 0.2) is 59.5 Å². The highest BCUT2D eigenvalue weighted by Crippen LogP contribution is 2.21. The van der Waals surface area contributed by atoms with Crippen molar-refractivity contribution in [1.29, 1.82) is 0 Å². The molecule has 3 rings (SSSR count). The van der Waals surface area contributed by atoms with Crippen LogP contribution in [0.4, 0.5) is 11.5 Å². The molecule has 9 nitrogen and oxygen atoms in total. The van der Waals surface area contributed by atoms with E-state index in [1.54, 1.807) is 13.0 Å². The topological polar surface area (TPSA) is 124 Å². The number of rotatable bonds is 5. The van der Waals surface area contributed by atoms with Crippen LogP contribution in [0.2, 0.25) is 0 Å². The van der Waals surface area contributed by atoms with Crippen LogP contribution in [-0.4, -0.2) is 35.3 Å². The van der Waals surface area contributed by atoms with Crippen LogP contribution < -0.4 is 5.32 Å². The first-order chi connectivity index (χ1) is 13.1. The lowest BCUT2D eigenvalue weighted by Crippen LogP contribution is -2.15. The van der Waals surface area contributed by atoms with Crippen LogP contribution in [0.25, 0.3) is 5.69 Å². The van der Waals surface area contributed by atoms with Crippen molar-refractivity contribution >= 4 is 27.2 Å². The minimum absolute atomic E-state index is 0.0517. The van der Waals surface area contributed by atoms with Crippen LogP contribution in [0.1, 0.15) is 16.1 Å². The average Bonchev–Trinajstić information content (AvgIpc) is 3.01. The Kier molecular flexibility index (Phi) is 4.97. The summed E-state index contributed by atoms with van der Waals surface area (Å²) >= 11 is 0. The van der Waals surface area contributed by atoms with Crippen molar-refractivity contribution in [3.8, 4) is 5.69 Å². The minimum Gasteiger partial charge on any atom is -0.306 e. The summed E-state index contributed by atoms with van der Waals surface area (Å²) in [6, 6.07) is 13.0. The van der Waals surface area contributed by atoms with Crippen LogP contribution in [0, 0.1) is 17.0 Å². The second-order valence-corrected chi connectivity index (χ2v) is 8.12. The molecule has 2 aromatic carbocycles.